The van der Waals surface area contributed by atoms with E-state index in [9.17, 15) is 4.79 Å². The molecule has 1 amide bonds. The van der Waals surface area contributed by atoms with Crippen LogP contribution in [0.1, 0.15) is 19.4 Å². The first-order chi connectivity index (χ1) is 8.06. The molecule has 1 aromatic rings. The second-order valence-electron chi connectivity index (χ2n) is 4.26. The van der Waals surface area contributed by atoms with Crippen molar-refractivity contribution in [3.8, 4) is 0 Å². The Labute approximate surface area is 103 Å². The summed E-state index contributed by atoms with van der Waals surface area (Å²) in [7, 11) is 3.85. The molecule has 1 heterocycles. The predicted molar refractivity (Wildman–Crippen MR) is 67.5 cm³/mol. The maximum atomic E-state index is 11.9. The lowest BCUT2D eigenvalue weighted by molar-refractivity contribution is -0.131. The molecule has 0 bridgehead atoms. The van der Waals surface area contributed by atoms with E-state index in [2.05, 4.69) is 5.10 Å². The van der Waals surface area contributed by atoms with Crippen LogP contribution in [0.15, 0.2) is 12.4 Å². The zero-order valence-corrected chi connectivity index (χ0v) is 11.2. The van der Waals surface area contributed by atoms with E-state index in [1.165, 1.54) is 0 Å². The number of rotatable bonds is 6. The zero-order chi connectivity index (χ0) is 12.8. The van der Waals surface area contributed by atoms with Crippen LogP contribution in [0, 0.1) is 0 Å². The van der Waals surface area contributed by atoms with Crippen LogP contribution in [0.2, 0.25) is 0 Å². The normalized spacial score (nSPS) is 10.9. The first kappa shape index (κ1) is 13.7. The number of aryl methyl sites for hydroxylation is 1. The Morgan fingerprint density at radius 2 is 2.06 bits per heavy atom. The Bertz CT molecular complexity index is 357. The summed E-state index contributed by atoms with van der Waals surface area (Å²) in [5.41, 5.74) is 1.13. The van der Waals surface area contributed by atoms with Gasteiger partial charge in [-0.3, -0.25) is 14.4 Å². The van der Waals surface area contributed by atoms with E-state index in [1.54, 1.807) is 4.68 Å². The second kappa shape index (κ2) is 6.39. The Morgan fingerprint density at radius 3 is 2.53 bits per heavy atom. The van der Waals surface area contributed by atoms with Crippen molar-refractivity contribution in [2.75, 3.05) is 26.7 Å². The van der Waals surface area contributed by atoms with Gasteiger partial charge in [0.15, 0.2) is 0 Å². The summed E-state index contributed by atoms with van der Waals surface area (Å²) >= 11 is 0. The second-order valence-corrected chi connectivity index (χ2v) is 4.26. The molecule has 1 rings (SSSR count). The molecule has 0 saturated carbocycles. The Hall–Kier alpha value is -1.36. The van der Waals surface area contributed by atoms with Crippen molar-refractivity contribution in [1.82, 2.24) is 19.6 Å². The van der Waals surface area contributed by atoms with E-state index in [0.717, 1.165) is 25.2 Å². The third kappa shape index (κ3) is 4.19. The number of likely N-dealkylation sites (N-methyl/N-ethyl adjacent to an activating group) is 2. The third-order valence-electron chi connectivity index (χ3n) is 2.73. The van der Waals surface area contributed by atoms with Gasteiger partial charge >= 0.3 is 0 Å². The van der Waals surface area contributed by atoms with Crippen LogP contribution in [-0.2, 0) is 18.4 Å². The molecule has 0 aliphatic heterocycles. The lowest BCUT2D eigenvalue weighted by Gasteiger charge is -2.22. The molecule has 0 aliphatic rings. The maximum absolute atomic E-state index is 11.9. The summed E-state index contributed by atoms with van der Waals surface area (Å²) in [6, 6.07) is 0. The maximum Gasteiger partial charge on any atom is 0.236 e. The van der Waals surface area contributed by atoms with Gasteiger partial charge in [0.05, 0.1) is 12.7 Å². The zero-order valence-electron chi connectivity index (χ0n) is 11.2. The van der Waals surface area contributed by atoms with Crippen LogP contribution in [-0.4, -0.2) is 52.2 Å². The van der Waals surface area contributed by atoms with Crippen molar-refractivity contribution in [3.05, 3.63) is 18.0 Å². The number of hydrogen-bond acceptors (Lipinski definition) is 3. The molecule has 0 unspecified atom stereocenters. The molecule has 0 saturated heterocycles. The van der Waals surface area contributed by atoms with Gasteiger partial charge in [-0.25, -0.2) is 0 Å². The summed E-state index contributed by atoms with van der Waals surface area (Å²) < 4.78 is 1.77. The first-order valence-electron chi connectivity index (χ1n) is 6.00. The van der Waals surface area contributed by atoms with E-state index >= 15 is 0 Å². The van der Waals surface area contributed by atoms with Crippen LogP contribution >= 0.6 is 0 Å². The summed E-state index contributed by atoms with van der Waals surface area (Å²) in [6.07, 6.45) is 3.80. The van der Waals surface area contributed by atoms with Crippen molar-refractivity contribution in [2.24, 2.45) is 7.05 Å². The number of carbonyl (C=O) groups is 1. The average molecular weight is 238 g/mol. The summed E-state index contributed by atoms with van der Waals surface area (Å²) in [6.45, 7) is 6.76. The fourth-order valence-electron chi connectivity index (χ4n) is 1.83. The molecule has 0 spiro atoms. The number of hydrogen-bond donors (Lipinski definition) is 0. The molecule has 0 atom stereocenters. The summed E-state index contributed by atoms with van der Waals surface area (Å²) in [5.74, 6) is 0.182. The van der Waals surface area contributed by atoms with E-state index in [-0.39, 0.29) is 5.91 Å². The van der Waals surface area contributed by atoms with Gasteiger partial charge in [0.1, 0.15) is 0 Å². The van der Waals surface area contributed by atoms with E-state index in [0.29, 0.717) is 6.54 Å². The van der Waals surface area contributed by atoms with Crippen LogP contribution in [0.4, 0.5) is 0 Å². The van der Waals surface area contributed by atoms with Crippen molar-refractivity contribution in [2.45, 2.75) is 20.4 Å². The third-order valence-corrected chi connectivity index (χ3v) is 2.73. The Morgan fingerprint density at radius 1 is 1.41 bits per heavy atom. The molecule has 0 N–H and O–H groups in total. The monoisotopic (exact) mass is 238 g/mol. The Kier molecular flexibility index (Phi) is 5.15. The van der Waals surface area contributed by atoms with Gasteiger partial charge in [-0.15, -0.1) is 0 Å². The minimum atomic E-state index is 0.182. The summed E-state index contributed by atoms with van der Waals surface area (Å²) in [5, 5.41) is 4.11. The molecule has 1 aromatic heterocycles. The molecule has 0 radical (unpaired) electrons. The summed E-state index contributed by atoms with van der Waals surface area (Å²) in [4.78, 5) is 15.7. The largest absolute Gasteiger partial charge is 0.342 e. The van der Waals surface area contributed by atoms with Crippen LogP contribution in [0.25, 0.3) is 0 Å². The molecular weight excluding hydrogens is 216 g/mol. The minimum Gasteiger partial charge on any atom is -0.342 e. The molecule has 17 heavy (non-hydrogen) atoms. The van der Waals surface area contributed by atoms with Crippen LogP contribution < -0.4 is 0 Å². The lowest BCUT2D eigenvalue weighted by Crippen LogP contribution is -2.38. The average Bonchev–Trinajstić information content (AvgIpc) is 2.65. The number of aromatic nitrogens is 2. The standard InChI is InChI=1S/C12H22N4O/c1-5-16(6-2)12(17)10-14(3)8-11-7-13-15(4)9-11/h7,9H,5-6,8,10H2,1-4H3. The molecule has 0 fully saturated rings. The minimum absolute atomic E-state index is 0.182. The van der Waals surface area contributed by atoms with E-state index in [1.807, 2.05) is 50.1 Å². The predicted octanol–water partition coefficient (Wildman–Crippen LogP) is 0.720. The fraction of sp³-hybridized carbons (Fsp3) is 0.667. The first-order valence-corrected chi connectivity index (χ1v) is 6.00. The van der Waals surface area contributed by atoms with Gasteiger partial charge in [-0.1, -0.05) is 0 Å². The topological polar surface area (TPSA) is 41.4 Å². The number of nitrogens with zero attached hydrogens (tertiary/aromatic N) is 4. The highest BCUT2D eigenvalue weighted by molar-refractivity contribution is 5.78. The quantitative estimate of drug-likeness (QED) is 0.733. The van der Waals surface area contributed by atoms with Crippen LogP contribution in [0.3, 0.4) is 0 Å². The molecule has 0 aliphatic carbocycles. The highest BCUT2D eigenvalue weighted by Crippen LogP contribution is 2.01. The van der Waals surface area contributed by atoms with Gasteiger partial charge in [0.25, 0.3) is 0 Å². The highest BCUT2D eigenvalue weighted by atomic mass is 16.2. The van der Waals surface area contributed by atoms with Gasteiger partial charge in [-0.05, 0) is 20.9 Å². The van der Waals surface area contributed by atoms with Crippen molar-refractivity contribution in [1.29, 1.82) is 0 Å². The van der Waals surface area contributed by atoms with Crippen LogP contribution in [0.5, 0.6) is 0 Å². The molecule has 0 aromatic carbocycles. The molecule has 96 valence electrons. The SMILES string of the molecule is CCN(CC)C(=O)CN(C)Cc1cnn(C)c1. The number of carbonyl (C=O) groups excluding carboxylic acids is 1. The number of amides is 1. The smallest absolute Gasteiger partial charge is 0.236 e. The van der Waals surface area contributed by atoms with Crippen molar-refractivity contribution in [3.63, 3.8) is 0 Å². The molecular formula is C12H22N4O. The van der Waals surface area contributed by atoms with Gasteiger partial charge in [0, 0.05) is 38.4 Å². The molecule has 5 nitrogen and oxygen atoms in total. The highest BCUT2D eigenvalue weighted by Gasteiger charge is 2.12. The van der Waals surface area contributed by atoms with Gasteiger partial charge < -0.3 is 4.90 Å². The Balaban J connectivity index is 2.44. The van der Waals surface area contributed by atoms with Gasteiger partial charge in [-0.2, -0.15) is 5.10 Å². The van der Waals surface area contributed by atoms with E-state index in [4.69, 9.17) is 0 Å². The molecule has 5 heteroatoms. The van der Waals surface area contributed by atoms with E-state index < -0.39 is 0 Å². The fourth-order valence-corrected chi connectivity index (χ4v) is 1.83. The lowest BCUT2D eigenvalue weighted by atomic mass is 10.3. The van der Waals surface area contributed by atoms with Gasteiger partial charge in [0.2, 0.25) is 5.91 Å². The van der Waals surface area contributed by atoms with Crippen molar-refractivity contribution >= 4 is 5.91 Å². The van der Waals surface area contributed by atoms with Crippen molar-refractivity contribution < 1.29 is 4.79 Å².